The van der Waals surface area contributed by atoms with Gasteiger partial charge in [0, 0.05) is 6.04 Å². The Bertz CT molecular complexity index is 332. The van der Waals surface area contributed by atoms with E-state index in [0.717, 1.165) is 32.4 Å². The second-order valence-electron chi connectivity index (χ2n) is 7.15. The van der Waals surface area contributed by atoms with Gasteiger partial charge in [-0.05, 0) is 64.1 Å². The van der Waals surface area contributed by atoms with Gasteiger partial charge < -0.3 is 16.0 Å². The van der Waals surface area contributed by atoms with Crippen LogP contribution in [-0.4, -0.2) is 42.5 Å². The van der Waals surface area contributed by atoms with E-state index in [0.29, 0.717) is 11.5 Å². The maximum atomic E-state index is 11.8. The molecule has 1 aliphatic heterocycles. The second kappa shape index (κ2) is 5.41. The van der Waals surface area contributed by atoms with E-state index in [1.54, 1.807) is 0 Å². The number of hydrogen-bond acceptors (Lipinski definition) is 3. The number of nitrogens with two attached hydrogens (primary N) is 1. The Morgan fingerprint density at radius 2 is 1.89 bits per heavy atom. The van der Waals surface area contributed by atoms with Gasteiger partial charge >= 0.3 is 0 Å². The average molecular weight is 267 g/mol. The molecule has 2 atom stereocenters. The van der Waals surface area contributed by atoms with Crippen molar-refractivity contribution in [3.05, 3.63) is 0 Å². The van der Waals surface area contributed by atoms with Crippen LogP contribution in [0.5, 0.6) is 0 Å². The Labute approximate surface area is 117 Å². The fourth-order valence-electron chi connectivity index (χ4n) is 3.63. The van der Waals surface area contributed by atoms with Crippen molar-refractivity contribution in [2.45, 2.75) is 64.0 Å². The molecule has 4 nitrogen and oxygen atoms in total. The molecule has 0 aromatic heterocycles. The second-order valence-corrected chi connectivity index (χ2v) is 7.15. The fourth-order valence-corrected chi connectivity index (χ4v) is 3.63. The molecule has 1 saturated heterocycles. The van der Waals surface area contributed by atoms with E-state index in [1.165, 1.54) is 19.3 Å². The average Bonchev–Trinajstić information content (AvgIpc) is 2.38. The SMILES string of the molecule is CNC1(C(N)=O)CCCC(N2CCC(C)(C)CC2)C1. The molecule has 1 saturated carbocycles. The third-order valence-electron chi connectivity index (χ3n) is 5.34. The monoisotopic (exact) mass is 267 g/mol. The predicted octanol–water partition coefficient (Wildman–Crippen LogP) is 1.49. The highest BCUT2D eigenvalue weighted by atomic mass is 16.1. The highest BCUT2D eigenvalue weighted by molar-refractivity contribution is 5.84. The van der Waals surface area contributed by atoms with Gasteiger partial charge in [-0.25, -0.2) is 0 Å². The van der Waals surface area contributed by atoms with Gasteiger partial charge in [0.15, 0.2) is 0 Å². The summed E-state index contributed by atoms with van der Waals surface area (Å²) < 4.78 is 0. The van der Waals surface area contributed by atoms with Crippen LogP contribution in [0, 0.1) is 5.41 Å². The number of carbonyl (C=O) groups excluding carboxylic acids is 1. The van der Waals surface area contributed by atoms with E-state index in [2.05, 4.69) is 24.1 Å². The first-order valence-electron chi connectivity index (χ1n) is 7.61. The van der Waals surface area contributed by atoms with Crippen LogP contribution < -0.4 is 11.1 Å². The molecule has 2 rings (SSSR count). The quantitative estimate of drug-likeness (QED) is 0.814. The van der Waals surface area contributed by atoms with Gasteiger partial charge in [-0.3, -0.25) is 4.79 Å². The van der Waals surface area contributed by atoms with Crippen molar-refractivity contribution < 1.29 is 4.79 Å². The minimum absolute atomic E-state index is 0.183. The Kier molecular flexibility index (Phi) is 4.21. The molecule has 0 spiro atoms. The van der Waals surface area contributed by atoms with E-state index in [4.69, 9.17) is 5.73 Å². The van der Waals surface area contributed by atoms with Crippen molar-refractivity contribution in [1.29, 1.82) is 0 Å². The number of hydrogen-bond donors (Lipinski definition) is 2. The number of nitrogens with one attached hydrogen (secondary N) is 1. The van der Waals surface area contributed by atoms with Gasteiger partial charge in [0.1, 0.15) is 0 Å². The standard InChI is InChI=1S/C15H29N3O/c1-14(2)7-9-18(10-8-14)12-5-4-6-15(11-12,17-3)13(16)19/h12,17H,4-11H2,1-3H3,(H2,16,19). The van der Waals surface area contributed by atoms with Crippen molar-refractivity contribution in [3.8, 4) is 0 Å². The highest BCUT2D eigenvalue weighted by Gasteiger charge is 2.42. The van der Waals surface area contributed by atoms with Gasteiger partial charge in [0.05, 0.1) is 5.54 Å². The summed E-state index contributed by atoms with van der Waals surface area (Å²) in [5.41, 5.74) is 5.63. The smallest absolute Gasteiger partial charge is 0.237 e. The van der Waals surface area contributed by atoms with E-state index in [9.17, 15) is 4.79 Å². The summed E-state index contributed by atoms with van der Waals surface area (Å²) in [6.45, 7) is 7.03. The minimum Gasteiger partial charge on any atom is -0.368 e. The number of piperidine rings is 1. The highest BCUT2D eigenvalue weighted by Crippen LogP contribution is 2.36. The van der Waals surface area contributed by atoms with Crippen molar-refractivity contribution >= 4 is 5.91 Å². The number of likely N-dealkylation sites (tertiary alicyclic amines) is 1. The van der Waals surface area contributed by atoms with Gasteiger partial charge in [0.25, 0.3) is 0 Å². The first-order chi connectivity index (χ1) is 8.88. The van der Waals surface area contributed by atoms with E-state index < -0.39 is 5.54 Å². The number of rotatable bonds is 3. The molecule has 110 valence electrons. The summed E-state index contributed by atoms with van der Waals surface area (Å²) in [7, 11) is 1.87. The number of likely N-dealkylation sites (N-methyl/N-ethyl adjacent to an activating group) is 1. The summed E-state index contributed by atoms with van der Waals surface area (Å²) in [6, 6.07) is 0.518. The molecule has 0 aromatic rings. The molecule has 1 heterocycles. The molecule has 0 bridgehead atoms. The van der Waals surface area contributed by atoms with Crippen molar-refractivity contribution in [1.82, 2.24) is 10.2 Å². The van der Waals surface area contributed by atoms with Crippen molar-refractivity contribution in [3.63, 3.8) is 0 Å². The molecule has 3 N–H and O–H groups in total. The van der Waals surface area contributed by atoms with E-state index >= 15 is 0 Å². The molecule has 0 radical (unpaired) electrons. The molecule has 2 aliphatic rings. The summed E-state index contributed by atoms with van der Waals surface area (Å²) in [4.78, 5) is 14.4. The van der Waals surface area contributed by atoms with Crippen LogP contribution in [0.25, 0.3) is 0 Å². The number of nitrogens with zero attached hydrogens (tertiary/aromatic N) is 1. The third kappa shape index (κ3) is 3.11. The van der Waals surface area contributed by atoms with Crippen LogP contribution in [0.4, 0.5) is 0 Å². The number of primary amides is 1. The van der Waals surface area contributed by atoms with Gasteiger partial charge in [-0.1, -0.05) is 13.8 Å². The van der Waals surface area contributed by atoms with E-state index in [1.807, 2.05) is 7.05 Å². The Morgan fingerprint density at radius 3 is 2.42 bits per heavy atom. The number of carbonyl (C=O) groups is 1. The summed E-state index contributed by atoms with van der Waals surface area (Å²) in [5, 5.41) is 3.20. The molecule has 4 heteroatoms. The first-order valence-corrected chi connectivity index (χ1v) is 7.61. The maximum absolute atomic E-state index is 11.8. The van der Waals surface area contributed by atoms with Crippen LogP contribution in [-0.2, 0) is 4.79 Å². The van der Waals surface area contributed by atoms with Crippen LogP contribution in [0.15, 0.2) is 0 Å². The molecular weight excluding hydrogens is 238 g/mol. The van der Waals surface area contributed by atoms with Crippen LogP contribution in [0.1, 0.15) is 52.4 Å². The Balaban J connectivity index is 2.00. The zero-order chi connectivity index (χ0) is 14.1. The van der Waals surface area contributed by atoms with Gasteiger partial charge in [-0.2, -0.15) is 0 Å². The number of amides is 1. The predicted molar refractivity (Wildman–Crippen MR) is 77.8 cm³/mol. The summed E-state index contributed by atoms with van der Waals surface area (Å²) in [5.74, 6) is -0.183. The molecule has 19 heavy (non-hydrogen) atoms. The lowest BCUT2D eigenvalue weighted by molar-refractivity contribution is -0.126. The zero-order valence-electron chi connectivity index (χ0n) is 12.7. The van der Waals surface area contributed by atoms with Gasteiger partial charge in [0.2, 0.25) is 5.91 Å². The lowest BCUT2D eigenvalue weighted by Crippen LogP contribution is -2.60. The normalized spacial score (nSPS) is 36.1. The van der Waals surface area contributed by atoms with Gasteiger partial charge in [-0.15, -0.1) is 0 Å². The summed E-state index contributed by atoms with van der Waals surface area (Å²) >= 11 is 0. The Hall–Kier alpha value is -0.610. The minimum atomic E-state index is -0.476. The van der Waals surface area contributed by atoms with E-state index in [-0.39, 0.29) is 5.91 Å². The molecule has 1 amide bonds. The van der Waals surface area contributed by atoms with Crippen LogP contribution in [0.3, 0.4) is 0 Å². The lowest BCUT2D eigenvalue weighted by Gasteiger charge is -2.46. The molecule has 2 fully saturated rings. The van der Waals surface area contributed by atoms with Crippen molar-refractivity contribution in [2.24, 2.45) is 11.1 Å². The molecular formula is C15H29N3O. The maximum Gasteiger partial charge on any atom is 0.237 e. The molecule has 1 aliphatic carbocycles. The largest absolute Gasteiger partial charge is 0.368 e. The summed E-state index contributed by atoms with van der Waals surface area (Å²) in [6.07, 6.45) is 6.57. The van der Waals surface area contributed by atoms with Crippen LogP contribution >= 0.6 is 0 Å². The van der Waals surface area contributed by atoms with Crippen molar-refractivity contribution in [2.75, 3.05) is 20.1 Å². The molecule has 0 aromatic carbocycles. The fraction of sp³-hybridized carbons (Fsp3) is 0.933. The zero-order valence-corrected chi connectivity index (χ0v) is 12.7. The topological polar surface area (TPSA) is 58.4 Å². The first kappa shape index (κ1) is 14.8. The van der Waals surface area contributed by atoms with Crippen LogP contribution in [0.2, 0.25) is 0 Å². The lowest BCUT2D eigenvalue weighted by atomic mass is 9.76. The Morgan fingerprint density at radius 1 is 1.26 bits per heavy atom. The molecule has 2 unspecified atom stereocenters. The third-order valence-corrected chi connectivity index (χ3v) is 5.34.